The number of anilines is 1. The molecule has 36 heavy (non-hydrogen) atoms. The molecule has 1 aliphatic carbocycles. The van der Waals surface area contributed by atoms with Gasteiger partial charge in [0.05, 0.1) is 17.4 Å². The molecule has 1 amide bonds. The highest BCUT2D eigenvalue weighted by atomic mass is 32.2. The second kappa shape index (κ2) is 11.6. The van der Waals surface area contributed by atoms with Crippen LogP contribution in [0, 0.1) is 0 Å². The summed E-state index contributed by atoms with van der Waals surface area (Å²) in [6, 6.07) is 8.39. The van der Waals surface area contributed by atoms with Crippen LogP contribution in [0.2, 0.25) is 0 Å². The largest absolute Gasteiger partial charge is 0.459 e. The highest BCUT2D eigenvalue weighted by Crippen LogP contribution is 2.39. The lowest BCUT2D eigenvalue weighted by molar-refractivity contribution is -0.113. The molecular weight excluding hydrogens is 492 g/mol. The summed E-state index contributed by atoms with van der Waals surface area (Å²) in [4.78, 5) is 27.0. The van der Waals surface area contributed by atoms with Crippen LogP contribution in [-0.2, 0) is 28.9 Å². The maximum Gasteiger partial charge on any atom is 0.341 e. The lowest BCUT2D eigenvalue weighted by Gasteiger charge is -2.14. The fourth-order valence-electron chi connectivity index (χ4n) is 4.35. The minimum atomic E-state index is -0.355. The Balaban J connectivity index is 1.47. The van der Waals surface area contributed by atoms with E-state index in [9.17, 15) is 9.59 Å². The number of benzene rings is 1. The summed E-state index contributed by atoms with van der Waals surface area (Å²) in [6.07, 6.45) is 3.72. The molecule has 9 heteroatoms. The zero-order valence-corrected chi connectivity index (χ0v) is 23.2. The average molecular weight is 527 g/mol. The van der Waals surface area contributed by atoms with Crippen LogP contribution in [-0.4, -0.2) is 38.5 Å². The molecule has 0 atom stereocenters. The minimum Gasteiger partial charge on any atom is -0.459 e. The van der Waals surface area contributed by atoms with E-state index in [2.05, 4.69) is 53.6 Å². The Hall–Kier alpha value is -2.65. The van der Waals surface area contributed by atoms with E-state index in [0.29, 0.717) is 28.2 Å². The van der Waals surface area contributed by atoms with Crippen LogP contribution < -0.4 is 5.32 Å². The van der Waals surface area contributed by atoms with Crippen molar-refractivity contribution in [1.29, 1.82) is 0 Å². The minimum absolute atomic E-state index is 0.172. The molecule has 3 aromatic rings. The van der Waals surface area contributed by atoms with E-state index in [1.807, 2.05) is 25.3 Å². The Kier molecular flexibility index (Phi) is 8.51. The monoisotopic (exact) mass is 526 g/mol. The quantitative estimate of drug-likeness (QED) is 0.259. The molecule has 0 fully saturated rings. The Morgan fingerprint density at radius 2 is 1.83 bits per heavy atom. The molecule has 0 saturated heterocycles. The Morgan fingerprint density at radius 1 is 1.11 bits per heavy atom. The third-order valence-corrected chi connectivity index (χ3v) is 8.35. The first-order valence-corrected chi connectivity index (χ1v) is 14.4. The number of thiophene rings is 1. The number of nitrogens with zero attached hydrogens (tertiary/aromatic N) is 3. The molecule has 1 N–H and O–H groups in total. The van der Waals surface area contributed by atoms with E-state index >= 15 is 0 Å². The van der Waals surface area contributed by atoms with Crippen LogP contribution >= 0.6 is 23.1 Å². The fourth-order valence-corrected chi connectivity index (χ4v) is 6.44. The van der Waals surface area contributed by atoms with Gasteiger partial charge in [0.1, 0.15) is 5.00 Å². The van der Waals surface area contributed by atoms with Crippen molar-refractivity contribution in [2.24, 2.45) is 0 Å². The van der Waals surface area contributed by atoms with Crippen LogP contribution in [0.25, 0.3) is 11.4 Å². The number of hydrogen-bond acceptors (Lipinski definition) is 7. The molecule has 0 unspecified atom stereocenters. The molecule has 192 valence electrons. The third-order valence-electron chi connectivity index (χ3n) is 6.17. The summed E-state index contributed by atoms with van der Waals surface area (Å²) in [6.45, 7) is 10.8. The molecule has 0 radical (unpaired) electrons. The first-order valence-electron chi connectivity index (χ1n) is 12.6. The maximum absolute atomic E-state index is 12.9. The van der Waals surface area contributed by atoms with Gasteiger partial charge < -0.3 is 14.6 Å². The van der Waals surface area contributed by atoms with E-state index in [4.69, 9.17) is 4.74 Å². The van der Waals surface area contributed by atoms with Crippen molar-refractivity contribution in [3.05, 3.63) is 45.8 Å². The topological polar surface area (TPSA) is 86.1 Å². The Bertz CT molecular complexity index is 1230. The number of rotatable bonds is 9. The van der Waals surface area contributed by atoms with Gasteiger partial charge >= 0.3 is 5.97 Å². The number of carbonyl (C=O) groups is 2. The Labute approximate surface area is 221 Å². The number of ether oxygens (including phenoxy) is 1. The number of nitrogens with one attached hydrogen (secondary N) is 1. The van der Waals surface area contributed by atoms with E-state index in [-0.39, 0.29) is 23.7 Å². The summed E-state index contributed by atoms with van der Waals surface area (Å²) < 4.78 is 7.52. The van der Waals surface area contributed by atoms with Gasteiger partial charge in [-0.15, -0.1) is 21.5 Å². The second-order valence-electron chi connectivity index (χ2n) is 9.53. The highest BCUT2D eigenvalue weighted by molar-refractivity contribution is 7.99. The first-order chi connectivity index (χ1) is 17.3. The number of amides is 1. The standard InChI is InChI=1S/C27H34N4O3S2/c1-6-31-24(19-13-11-18(12-14-19)16(2)3)29-30-27(31)35-15-22(32)28-25-23(26(33)34-17(4)5)20-9-7-8-10-21(20)36-25/h11-14,16-17H,6-10,15H2,1-5H3,(H,28,32). The molecule has 0 spiro atoms. The van der Waals surface area contributed by atoms with Gasteiger partial charge in [-0.1, -0.05) is 49.9 Å². The van der Waals surface area contributed by atoms with Crippen LogP contribution in [0.15, 0.2) is 29.4 Å². The second-order valence-corrected chi connectivity index (χ2v) is 11.6. The average Bonchev–Trinajstić information content (AvgIpc) is 3.42. The molecule has 0 bridgehead atoms. The van der Waals surface area contributed by atoms with Gasteiger partial charge in [0.2, 0.25) is 5.91 Å². The van der Waals surface area contributed by atoms with Crippen LogP contribution in [0.5, 0.6) is 0 Å². The molecule has 2 aromatic heterocycles. The number of thioether (sulfide) groups is 1. The summed E-state index contributed by atoms with van der Waals surface area (Å²) in [5.74, 6) is 0.901. The van der Waals surface area contributed by atoms with Crippen molar-refractivity contribution in [3.8, 4) is 11.4 Å². The predicted octanol–water partition coefficient (Wildman–Crippen LogP) is 6.32. The van der Waals surface area contributed by atoms with Crippen LogP contribution in [0.1, 0.15) is 79.7 Å². The number of aryl methyl sites for hydroxylation is 1. The molecule has 2 heterocycles. The smallest absolute Gasteiger partial charge is 0.341 e. The molecular formula is C27H34N4O3S2. The zero-order valence-electron chi connectivity index (χ0n) is 21.6. The highest BCUT2D eigenvalue weighted by Gasteiger charge is 2.28. The van der Waals surface area contributed by atoms with Gasteiger partial charge in [0.25, 0.3) is 0 Å². The van der Waals surface area contributed by atoms with Gasteiger partial charge in [-0.25, -0.2) is 4.79 Å². The van der Waals surface area contributed by atoms with Crippen molar-refractivity contribution in [2.75, 3.05) is 11.1 Å². The van der Waals surface area contributed by atoms with Gasteiger partial charge in [0.15, 0.2) is 11.0 Å². The molecule has 7 nitrogen and oxygen atoms in total. The van der Waals surface area contributed by atoms with Gasteiger partial charge in [-0.2, -0.15) is 0 Å². The van der Waals surface area contributed by atoms with Crippen molar-refractivity contribution < 1.29 is 14.3 Å². The predicted molar refractivity (Wildman–Crippen MR) is 146 cm³/mol. The summed E-state index contributed by atoms with van der Waals surface area (Å²) in [5.41, 5.74) is 3.85. The summed E-state index contributed by atoms with van der Waals surface area (Å²) >= 11 is 2.85. The lowest BCUT2D eigenvalue weighted by atomic mass is 9.95. The fraction of sp³-hybridized carbons (Fsp3) is 0.481. The summed E-state index contributed by atoms with van der Waals surface area (Å²) in [7, 11) is 0. The van der Waals surface area contributed by atoms with E-state index in [0.717, 1.165) is 42.6 Å². The SMILES string of the molecule is CCn1c(SCC(=O)Nc2sc3c(c2C(=O)OC(C)C)CCCC3)nnc1-c1ccc(C(C)C)cc1. The molecule has 1 aromatic carbocycles. The van der Waals surface area contributed by atoms with Gasteiger partial charge in [-0.05, 0) is 63.5 Å². The van der Waals surface area contributed by atoms with Crippen LogP contribution in [0.3, 0.4) is 0 Å². The van der Waals surface area contributed by atoms with E-state index in [1.165, 1.54) is 33.5 Å². The van der Waals surface area contributed by atoms with Gasteiger partial charge in [0, 0.05) is 17.0 Å². The molecule has 0 aliphatic heterocycles. The Morgan fingerprint density at radius 3 is 2.50 bits per heavy atom. The van der Waals surface area contributed by atoms with Crippen molar-refractivity contribution in [1.82, 2.24) is 14.8 Å². The van der Waals surface area contributed by atoms with Crippen molar-refractivity contribution >= 4 is 40.0 Å². The molecule has 0 saturated carbocycles. The number of esters is 1. The number of carbonyl (C=O) groups excluding carboxylic acids is 2. The third kappa shape index (κ3) is 5.83. The normalized spacial score (nSPS) is 13.2. The lowest BCUT2D eigenvalue weighted by Crippen LogP contribution is -2.19. The van der Waals surface area contributed by atoms with Crippen LogP contribution in [0.4, 0.5) is 5.00 Å². The number of hydrogen-bond donors (Lipinski definition) is 1. The summed E-state index contributed by atoms with van der Waals surface area (Å²) in [5, 5.41) is 13.0. The number of aromatic nitrogens is 3. The van der Waals surface area contributed by atoms with E-state index in [1.54, 1.807) is 0 Å². The van der Waals surface area contributed by atoms with E-state index < -0.39 is 0 Å². The number of fused-ring (bicyclic) bond motifs is 1. The zero-order chi connectivity index (χ0) is 25.8. The first kappa shape index (κ1) is 26.4. The molecule has 1 aliphatic rings. The molecule has 4 rings (SSSR count). The van der Waals surface area contributed by atoms with Gasteiger partial charge in [-0.3, -0.25) is 4.79 Å². The van der Waals surface area contributed by atoms with Crippen molar-refractivity contribution in [3.63, 3.8) is 0 Å². The van der Waals surface area contributed by atoms with Crippen molar-refractivity contribution in [2.45, 2.75) is 84.0 Å². The maximum atomic E-state index is 12.9.